The van der Waals surface area contributed by atoms with Crippen molar-refractivity contribution in [2.75, 3.05) is 11.1 Å². The van der Waals surface area contributed by atoms with Crippen LogP contribution in [0.1, 0.15) is 31.9 Å². The van der Waals surface area contributed by atoms with Crippen molar-refractivity contribution in [3.63, 3.8) is 0 Å². The first-order valence-corrected chi connectivity index (χ1v) is 14.9. The summed E-state index contributed by atoms with van der Waals surface area (Å²) < 4.78 is 90.0. The Morgan fingerprint density at radius 3 is 2.35 bits per heavy atom. The summed E-state index contributed by atoms with van der Waals surface area (Å²) in [4.78, 5) is 8.11. The Labute approximate surface area is 230 Å². The van der Waals surface area contributed by atoms with E-state index in [0.29, 0.717) is 0 Å². The summed E-state index contributed by atoms with van der Waals surface area (Å²) in [5, 5.41) is 12.4. The zero-order chi connectivity index (χ0) is 29.6. The maximum Gasteiger partial charge on any atom is 0.269 e. The smallest absolute Gasteiger partial charge is 0.269 e. The molecule has 0 spiro atoms. The van der Waals surface area contributed by atoms with Gasteiger partial charge in [0.05, 0.1) is 28.1 Å². The predicted octanol–water partition coefficient (Wildman–Crippen LogP) is 4.51. The molecule has 3 aromatic heterocycles. The van der Waals surface area contributed by atoms with Gasteiger partial charge in [0.15, 0.2) is 17.3 Å². The Morgan fingerprint density at radius 1 is 1.12 bits per heavy atom. The number of pyridine rings is 2. The van der Waals surface area contributed by atoms with E-state index in [1.165, 1.54) is 12.1 Å². The van der Waals surface area contributed by atoms with E-state index in [-0.39, 0.29) is 32.7 Å². The molecule has 40 heavy (non-hydrogen) atoms. The summed E-state index contributed by atoms with van der Waals surface area (Å²) in [7, 11) is -8.72. The summed E-state index contributed by atoms with van der Waals surface area (Å²) >= 11 is 0. The average Bonchev–Trinajstić information content (AvgIpc) is 3.22. The number of aromatic nitrogens is 3. The van der Waals surface area contributed by atoms with E-state index in [4.69, 9.17) is 0 Å². The average molecular weight is 590 g/mol. The first-order chi connectivity index (χ1) is 18.5. The van der Waals surface area contributed by atoms with E-state index in [0.717, 1.165) is 34.1 Å². The third-order valence-electron chi connectivity index (χ3n) is 6.24. The van der Waals surface area contributed by atoms with Gasteiger partial charge in [0, 0.05) is 23.2 Å². The molecule has 4 aromatic rings. The molecule has 0 saturated carbocycles. The predicted molar refractivity (Wildman–Crippen MR) is 145 cm³/mol. The van der Waals surface area contributed by atoms with Gasteiger partial charge in [-0.25, -0.2) is 31.1 Å². The van der Waals surface area contributed by atoms with Gasteiger partial charge in [0.1, 0.15) is 11.9 Å². The van der Waals surface area contributed by atoms with E-state index >= 15 is 4.39 Å². The van der Waals surface area contributed by atoms with Crippen LogP contribution in [0.15, 0.2) is 53.7 Å². The molecule has 1 aromatic carbocycles. The Balaban J connectivity index is 1.95. The van der Waals surface area contributed by atoms with Gasteiger partial charge in [0.25, 0.3) is 20.1 Å². The third kappa shape index (κ3) is 5.81. The van der Waals surface area contributed by atoms with Gasteiger partial charge in [-0.2, -0.15) is 13.7 Å². The Kier molecular flexibility index (Phi) is 7.44. The fourth-order valence-electron chi connectivity index (χ4n) is 4.01. The third-order valence-corrected chi connectivity index (χ3v) is 8.66. The van der Waals surface area contributed by atoms with Crippen LogP contribution in [0, 0.1) is 35.3 Å². The number of benzene rings is 1. The second kappa shape index (κ2) is 10.2. The van der Waals surface area contributed by atoms with Gasteiger partial charge >= 0.3 is 0 Å². The summed E-state index contributed by atoms with van der Waals surface area (Å²) in [5.41, 5.74) is -0.639. The number of hydrogen-bond donors (Lipinski definition) is 2. The quantitative estimate of drug-likeness (QED) is 0.296. The second-order valence-corrected chi connectivity index (χ2v) is 13.6. The van der Waals surface area contributed by atoms with Crippen LogP contribution in [-0.2, 0) is 20.1 Å². The molecular formula is C26H25F2N5O5S2. The van der Waals surface area contributed by atoms with Gasteiger partial charge in [-0.1, -0.05) is 38.5 Å². The largest absolute Gasteiger partial charge is 0.363 e. The molecule has 0 unspecified atom stereocenters. The molecule has 0 fully saturated rings. The molecular weight excluding hydrogens is 564 g/mol. The topological polar surface area (TPSA) is 155 Å². The highest BCUT2D eigenvalue weighted by Gasteiger charge is 2.31. The van der Waals surface area contributed by atoms with E-state index in [1.54, 1.807) is 39.8 Å². The highest BCUT2D eigenvalue weighted by Crippen LogP contribution is 2.35. The number of nitrogens with zero attached hydrogens (tertiary/aromatic N) is 4. The minimum atomic E-state index is -4.48. The van der Waals surface area contributed by atoms with Gasteiger partial charge in [-0.15, -0.1) is 0 Å². The van der Waals surface area contributed by atoms with Crippen molar-refractivity contribution in [3.05, 3.63) is 71.6 Å². The molecule has 0 aliphatic carbocycles. The van der Waals surface area contributed by atoms with Gasteiger partial charge in [0.2, 0.25) is 0 Å². The minimum Gasteiger partial charge on any atom is -0.363 e. The van der Waals surface area contributed by atoms with Crippen LogP contribution in [0.25, 0.3) is 22.3 Å². The van der Waals surface area contributed by atoms with Crippen LogP contribution < -0.4 is 5.32 Å². The van der Waals surface area contributed by atoms with E-state index in [2.05, 4.69) is 15.3 Å². The molecule has 0 bridgehead atoms. The molecule has 0 radical (unpaired) electrons. The zero-order valence-corrected chi connectivity index (χ0v) is 23.5. The van der Waals surface area contributed by atoms with Crippen LogP contribution in [0.2, 0.25) is 0 Å². The lowest BCUT2D eigenvalue weighted by Crippen LogP contribution is -2.40. The van der Waals surface area contributed by atoms with Crippen molar-refractivity contribution in [2.45, 2.75) is 38.6 Å². The van der Waals surface area contributed by atoms with Crippen LogP contribution in [0.3, 0.4) is 0 Å². The van der Waals surface area contributed by atoms with Gasteiger partial charge in [-0.3, -0.25) is 4.55 Å². The Bertz CT molecular complexity index is 1880. The number of nitriles is 1. The highest BCUT2D eigenvalue weighted by molar-refractivity contribution is 7.90. The van der Waals surface area contributed by atoms with E-state index in [9.17, 15) is 31.0 Å². The van der Waals surface area contributed by atoms with Gasteiger partial charge in [-0.05, 0) is 36.6 Å². The summed E-state index contributed by atoms with van der Waals surface area (Å²) in [5.74, 6) is -3.01. The molecule has 0 aliphatic rings. The summed E-state index contributed by atoms with van der Waals surface area (Å²) in [6.07, 6.45) is 1.96. The minimum absolute atomic E-state index is 0.0115. The number of fused-ring (bicyclic) bond motifs is 1. The van der Waals surface area contributed by atoms with E-state index < -0.39 is 54.8 Å². The molecule has 10 nitrogen and oxygen atoms in total. The second-order valence-electron chi connectivity index (χ2n) is 10.3. The molecule has 0 saturated heterocycles. The molecule has 2 N–H and O–H groups in total. The lowest BCUT2D eigenvalue weighted by molar-refractivity contribution is 0.351. The monoisotopic (exact) mass is 589 g/mol. The summed E-state index contributed by atoms with van der Waals surface area (Å²) in [6.45, 7) is 6.78. The Hall–Kier alpha value is -3.93. The highest BCUT2D eigenvalue weighted by atomic mass is 32.2. The van der Waals surface area contributed by atoms with Crippen molar-refractivity contribution >= 4 is 37.0 Å². The maximum absolute atomic E-state index is 15.1. The lowest BCUT2D eigenvalue weighted by atomic mass is 9.88. The summed E-state index contributed by atoms with van der Waals surface area (Å²) in [6, 6.07) is 8.69. The van der Waals surface area contributed by atoms with Crippen molar-refractivity contribution in [3.8, 4) is 17.3 Å². The van der Waals surface area contributed by atoms with Crippen molar-refractivity contribution in [2.24, 2.45) is 5.41 Å². The van der Waals surface area contributed by atoms with Crippen LogP contribution in [0.4, 0.5) is 14.6 Å². The molecule has 4 rings (SSSR count). The van der Waals surface area contributed by atoms with Crippen molar-refractivity contribution in [1.29, 1.82) is 5.26 Å². The molecule has 14 heteroatoms. The van der Waals surface area contributed by atoms with Gasteiger partial charge < -0.3 is 5.32 Å². The van der Waals surface area contributed by atoms with Crippen LogP contribution in [-0.4, -0.2) is 47.1 Å². The fraction of sp³-hybridized carbons (Fsp3) is 0.269. The Morgan fingerprint density at radius 2 is 1.77 bits per heavy atom. The molecule has 0 amide bonds. The number of anilines is 1. The molecule has 3 heterocycles. The molecule has 210 valence electrons. The standard InChI is InChI=1S/C26H25F2N5O5S2/c1-15-5-7-18(8-6-15)40(37,38)33-13-20(19-10-17(27)12-30-25(19)33)23-16(11-29)9-21(28)24(32-23)31-22(26(2,3)4)14-39(34,35)36/h5-10,12-13,22H,14H2,1-4H3,(H,31,32)(H,34,35,36)/t22-/m1/s1. The number of aryl methyl sites for hydroxylation is 1. The van der Waals surface area contributed by atoms with Crippen molar-refractivity contribution in [1.82, 2.24) is 13.9 Å². The van der Waals surface area contributed by atoms with Crippen LogP contribution >= 0.6 is 0 Å². The zero-order valence-electron chi connectivity index (χ0n) is 21.8. The first-order valence-electron chi connectivity index (χ1n) is 11.8. The first kappa shape index (κ1) is 29.1. The molecule has 0 aliphatic heterocycles. The molecule has 1 atom stereocenters. The normalized spacial score (nSPS) is 13.2. The van der Waals surface area contributed by atoms with E-state index in [1.807, 2.05) is 6.07 Å². The van der Waals surface area contributed by atoms with Crippen molar-refractivity contribution < 1.29 is 30.2 Å². The number of hydrogen-bond acceptors (Lipinski definition) is 8. The number of nitrogens with one attached hydrogen (secondary N) is 1. The SMILES string of the molecule is Cc1ccc(S(=O)(=O)n2cc(-c3nc(N[C@H](CS(=O)(=O)O)C(C)(C)C)c(F)cc3C#N)c3cc(F)cnc32)cc1. The fourth-order valence-corrected chi connectivity index (χ4v) is 6.34. The number of rotatable bonds is 7. The van der Waals surface area contributed by atoms with Crippen LogP contribution in [0.5, 0.6) is 0 Å². The maximum atomic E-state index is 15.1. The lowest BCUT2D eigenvalue weighted by Gasteiger charge is -2.31. The number of halogens is 2.